The summed E-state index contributed by atoms with van der Waals surface area (Å²) in [6.07, 6.45) is 1.06. The molecule has 0 amide bonds. The van der Waals surface area contributed by atoms with Gasteiger partial charge >= 0.3 is 5.97 Å². The van der Waals surface area contributed by atoms with Gasteiger partial charge in [0.05, 0.1) is 35.6 Å². The molecule has 1 aromatic heterocycles. The number of pyridine rings is 1. The molecule has 0 spiro atoms. The summed E-state index contributed by atoms with van der Waals surface area (Å²) < 4.78 is 54.3. The monoisotopic (exact) mass is 413 g/mol. The maximum absolute atomic E-state index is 14.5. The topological polar surface area (TPSA) is 73.1 Å². The van der Waals surface area contributed by atoms with Crippen LogP contribution in [-0.4, -0.2) is 53.6 Å². The molecule has 4 rings (SSSR count). The van der Waals surface area contributed by atoms with Crippen LogP contribution >= 0.6 is 11.8 Å². The number of esters is 1. The summed E-state index contributed by atoms with van der Waals surface area (Å²) in [4.78, 5) is 26.3. The van der Waals surface area contributed by atoms with E-state index in [9.17, 15) is 22.8 Å². The maximum atomic E-state index is 14.5. The van der Waals surface area contributed by atoms with Crippen LogP contribution in [0.2, 0.25) is 0 Å². The molecular formula is C17H14F3N3O4S. The molecule has 28 heavy (non-hydrogen) atoms. The molecule has 0 aliphatic carbocycles. The number of nitrogens with zero attached hydrogens (tertiary/aromatic N) is 3. The number of ether oxygens (including phenoxy) is 2. The number of hydrogen-bond donors (Lipinski definition) is 0. The summed E-state index contributed by atoms with van der Waals surface area (Å²) >= 11 is 0.801. The molecule has 0 saturated carbocycles. The molecule has 1 saturated heterocycles. The van der Waals surface area contributed by atoms with E-state index >= 15 is 0 Å². The second-order valence-corrected chi connectivity index (χ2v) is 6.99. The Kier molecular flexibility index (Phi) is 4.79. The fraction of sp³-hybridized carbons (Fsp3) is 0.353. The Balaban J connectivity index is 2.00. The molecule has 2 aliphatic heterocycles. The lowest BCUT2D eigenvalue weighted by Gasteiger charge is -2.31. The fourth-order valence-corrected chi connectivity index (χ4v) is 4.14. The van der Waals surface area contributed by atoms with Crippen molar-refractivity contribution in [1.82, 2.24) is 9.58 Å². The van der Waals surface area contributed by atoms with Gasteiger partial charge in [0.1, 0.15) is 5.56 Å². The lowest BCUT2D eigenvalue weighted by atomic mass is 10.1. The number of morpholine rings is 1. The number of hydrogen-bond acceptors (Lipinski definition) is 7. The third-order valence-corrected chi connectivity index (χ3v) is 5.47. The van der Waals surface area contributed by atoms with Crippen LogP contribution in [0.1, 0.15) is 17.3 Å². The number of rotatable bonds is 2. The molecule has 0 N–H and O–H groups in total. The van der Waals surface area contributed by atoms with Crippen molar-refractivity contribution in [2.24, 2.45) is 5.10 Å². The van der Waals surface area contributed by atoms with E-state index in [4.69, 9.17) is 9.47 Å². The maximum Gasteiger partial charge on any atom is 0.343 e. The van der Waals surface area contributed by atoms with Crippen molar-refractivity contribution in [3.8, 4) is 0 Å². The summed E-state index contributed by atoms with van der Waals surface area (Å²) in [5.41, 5.74) is -1.81. The molecule has 148 valence electrons. The Morgan fingerprint density at radius 3 is 2.64 bits per heavy atom. The molecular weight excluding hydrogens is 399 g/mol. The third-order valence-electron chi connectivity index (χ3n) is 4.37. The van der Waals surface area contributed by atoms with Gasteiger partial charge in [-0.3, -0.25) is 4.79 Å². The summed E-state index contributed by atoms with van der Waals surface area (Å²) in [6.45, 7) is 3.33. The lowest BCUT2D eigenvalue weighted by molar-refractivity contribution is 0.0524. The van der Waals surface area contributed by atoms with Crippen molar-refractivity contribution < 1.29 is 27.4 Å². The Morgan fingerprint density at radius 1 is 1.25 bits per heavy atom. The zero-order chi connectivity index (χ0) is 20.0. The minimum absolute atomic E-state index is 0.0139. The first kappa shape index (κ1) is 18.8. The van der Waals surface area contributed by atoms with Crippen LogP contribution < -0.4 is 5.43 Å². The minimum atomic E-state index is -1.78. The van der Waals surface area contributed by atoms with Crippen molar-refractivity contribution >= 4 is 33.8 Å². The largest absolute Gasteiger partial charge is 0.462 e. The van der Waals surface area contributed by atoms with Crippen molar-refractivity contribution in [2.75, 3.05) is 32.9 Å². The average molecular weight is 413 g/mol. The number of benzene rings is 1. The van der Waals surface area contributed by atoms with E-state index in [1.165, 1.54) is 0 Å². The molecule has 0 atom stereocenters. The van der Waals surface area contributed by atoms with Crippen LogP contribution in [0.15, 0.2) is 21.0 Å². The smallest absolute Gasteiger partial charge is 0.343 e. The Hall–Kier alpha value is -2.53. The second kappa shape index (κ2) is 7.13. The summed E-state index contributed by atoms with van der Waals surface area (Å²) in [5, 5.41) is 3.89. The molecule has 7 nitrogen and oxygen atoms in total. The van der Waals surface area contributed by atoms with Gasteiger partial charge in [0.15, 0.2) is 22.6 Å². The van der Waals surface area contributed by atoms with Gasteiger partial charge in [-0.2, -0.15) is 0 Å². The molecule has 11 heteroatoms. The number of thioether (sulfide) groups is 1. The highest BCUT2D eigenvalue weighted by molar-refractivity contribution is 8.14. The minimum Gasteiger partial charge on any atom is -0.462 e. The summed E-state index contributed by atoms with van der Waals surface area (Å²) in [6, 6.07) is 0. The molecule has 1 aromatic carbocycles. The van der Waals surface area contributed by atoms with Gasteiger partial charge in [0.25, 0.3) is 0 Å². The van der Waals surface area contributed by atoms with E-state index in [0.717, 1.165) is 22.6 Å². The highest BCUT2D eigenvalue weighted by atomic mass is 32.2. The van der Waals surface area contributed by atoms with Gasteiger partial charge in [0.2, 0.25) is 5.43 Å². The normalized spacial score (nSPS) is 16.3. The molecule has 3 heterocycles. The number of amidine groups is 1. The summed E-state index contributed by atoms with van der Waals surface area (Å²) in [5.74, 6) is -5.84. The predicted molar refractivity (Wildman–Crippen MR) is 95.1 cm³/mol. The zero-order valence-corrected chi connectivity index (χ0v) is 15.4. The first-order valence-electron chi connectivity index (χ1n) is 8.46. The predicted octanol–water partition coefficient (Wildman–Crippen LogP) is 2.15. The Morgan fingerprint density at radius 2 is 1.96 bits per heavy atom. The SMILES string of the molecule is CCOC(=O)c1cn2c3c(c(F)c(F)c(F)c3c1=O)SC(N1CCOCC1)=N2. The molecule has 2 aromatic rings. The molecule has 0 radical (unpaired) electrons. The quantitative estimate of drug-likeness (QED) is 0.555. The van der Waals surface area contributed by atoms with Crippen molar-refractivity contribution in [2.45, 2.75) is 11.8 Å². The van der Waals surface area contributed by atoms with E-state index in [1.807, 2.05) is 0 Å². The van der Waals surface area contributed by atoms with Crippen LogP contribution in [0.25, 0.3) is 10.9 Å². The molecule has 0 unspecified atom stereocenters. The van der Waals surface area contributed by atoms with Crippen LogP contribution in [0.5, 0.6) is 0 Å². The van der Waals surface area contributed by atoms with Crippen LogP contribution in [-0.2, 0) is 9.47 Å². The van der Waals surface area contributed by atoms with Crippen LogP contribution in [0, 0.1) is 17.5 Å². The van der Waals surface area contributed by atoms with Gasteiger partial charge < -0.3 is 14.4 Å². The van der Waals surface area contributed by atoms with E-state index in [-0.39, 0.29) is 17.0 Å². The van der Waals surface area contributed by atoms with Crippen LogP contribution in [0.4, 0.5) is 13.2 Å². The van der Waals surface area contributed by atoms with Gasteiger partial charge in [-0.25, -0.2) is 22.6 Å². The van der Waals surface area contributed by atoms with Crippen molar-refractivity contribution in [3.63, 3.8) is 0 Å². The number of carbonyl (C=O) groups is 1. The van der Waals surface area contributed by atoms with Gasteiger partial charge in [-0.15, -0.1) is 5.10 Å². The summed E-state index contributed by atoms with van der Waals surface area (Å²) in [7, 11) is 0. The van der Waals surface area contributed by atoms with E-state index in [0.29, 0.717) is 31.5 Å². The standard InChI is InChI=1S/C17H14F3N3O4S/c1-2-27-16(25)8-7-23-13-9(14(8)24)10(18)11(19)12(20)15(13)28-17(21-23)22-3-5-26-6-4-22/h7H,2-6H2,1H3. The highest BCUT2D eigenvalue weighted by Gasteiger charge is 2.32. The number of carbonyl (C=O) groups excluding carboxylic acids is 1. The van der Waals surface area contributed by atoms with Crippen molar-refractivity contribution in [1.29, 1.82) is 0 Å². The fourth-order valence-electron chi connectivity index (χ4n) is 3.05. The third kappa shape index (κ3) is 2.85. The zero-order valence-electron chi connectivity index (χ0n) is 14.6. The second-order valence-electron chi connectivity index (χ2n) is 6.02. The van der Waals surface area contributed by atoms with Gasteiger partial charge in [-0.1, -0.05) is 0 Å². The first-order chi connectivity index (χ1) is 13.4. The van der Waals surface area contributed by atoms with E-state index in [1.54, 1.807) is 11.8 Å². The molecule has 2 aliphatic rings. The van der Waals surface area contributed by atoms with E-state index < -0.39 is 39.8 Å². The van der Waals surface area contributed by atoms with E-state index in [2.05, 4.69) is 5.10 Å². The molecule has 0 bridgehead atoms. The first-order valence-corrected chi connectivity index (χ1v) is 9.28. The highest BCUT2D eigenvalue weighted by Crippen LogP contribution is 2.38. The van der Waals surface area contributed by atoms with Crippen LogP contribution in [0.3, 0.4) is 0 Å². The number of aromatic nitrogens is 1. The Labute approximate surface area is 160 Å². The Bertz CT molecular complexity index is 1080. The number of halogens is 3. The lowest BCUT2D eigenvalue weighted by Crippen LogP contribution is -2.40. The average Bonchev–Trinajstić information content (AvgIpc) is 2.71. The molecule has 1 fully saturated rings. The van der Waals surface area contributed by atoms with Crippen molar-refractivity contribution in [3.05, 3.63) is 39.4 Å². The van der Waals surface area contributed by atoms with Gasteiger partial charge in [0, 0.05) is 19.3 Å². The van der Waals surface area contributed by atoms with Gasteiger partial charge in [-0.05, 0) is 18.7 Å².